The minimum atomic E-state index is -1.02. The van der Waals surface area contributed by atoms with Crippen molar-refractivity contribution >= 4 is 57.8 Å². The number of thiophene rings is 2. The van der Waals surface area contributed by atoms with Crippen LogP contribution < -0.4 is 9.80 Å². The fraction of sp³-hybridized carbons (Fsp3) is 0.686. The highest BCUT2D eigenvalue weighted by Gasteiger charge is 2.39. The summed E-state index contributed by atoms with van der Waals surface area (Å²) in [7, 11) is 1.37. The third kappa shape index (κ3) is 14.2. The first kappa shape index (κ1) is 50.3. The molecule has 0 aliphatic heterocycles. The van der Waals surface area contributed by atoms with Gasteiger partial charge in [-0.2, -0.15) is 0 Å². The third-order valence-corrected chi connectivity index (χ3v) is 14.9. The molecule has 6 rings (SSSR count). The zero-order valence-electron chi connectivity index (χ0n) is 39.2. The molecule has 2 aromatic heterocycles. The number of rotatable bonds is 8. The number of esters is 1. The largest absolute Gasteiger partial charge is 0.477 e. The summed E-state index contributed by atoms with van der Waals surface area (Å²) in [5.74, 6) is 12.6. The number of aliphatic hydroxyl groups is 2. The van der Waals surface area contributed by atoms with Crippen molar-refractivity contribution in [2.75, 3.05) is 16.9 Å². The van der Waals surface area contributed by atoms with E-state index in [1.807, 2.05) is 52.5 Å². The molecule has 10 nitrogen and oxygen atoms in total. The molecule has 12 heteroatoms. The van der Waals surface area contributed by atoms with Gasteiger partial charge in [0.2, 0.25) is 11.8 Å². The van der Waals surface area contributed by atoms with Crippen LogP contribution in [0.5, 0.6) is 0 Å². The second kappa shape index (κ2) is 22.0. The quantitative estimate of drug-likeness (QED) is 0.175. The lowest BCUT2D eigenvalue weighted by molar-refractivity contribution is -0.125. The fourth-order valence-corrected chi connectivity index (χ4v) is 10.9. The highest BCUT2D eigenvalue weighted by Crippen LogP contribution is 2.41. The summed E-state index contributed by atoms with van der Waals surface area (Å²) in [6.45, 7) is 16.6. The Morgan fingerprint density at radius 2 is 0.937 bits per heavy atom. The van der Waals surface area contributed by atoms with Crippen LogP contribution in [0.4, 0.5) is 11.4 Å². The lowest BCUT2D eigenvalue weighted by Crippen LogP contribution is -2.47. The maximum absolute atomic E-state index is 13.9. The van der Waals surface area contributed by atoms with Gasteiger partial charge in [0.1, 0.15) is 9.75 Å². The van der Waals surface area contributed by atoms with E-state index in [2.05, 4.69) is 37.5 Å². The van der Waals surface area contributed by atoms with Crippen molar-refractivity contribution in [2.45, 2.75) is 182 Å². The first-order valence-electron chi connectivity index (χ1n) is 23.3. The number of carboxylic acids is 1. The van der Waals surface area contributed by atoms with Gasteiger partial charge in [-0.25, -0.2) is 9.59 Å². The molecule has 2 aromatic rings. The zero-order valence-corrected chi connectivity index (χ0v) is 40.8. The number of carboxylic acid groups (broad SMARTS) is 1. The van der Waals surface area contributed by atoms with Crippen LogP contribution in [0.2, 0.25) is 0 Å². The molecule has 0 saturated heterocycles. The summed E-state index contributed by atoms with van der Waals surface area (Å²) < 4.78 is 5.07. The molecule has 4 aliphatic rings. The lowest BCUT2D eigenvalue weighted by atomic mass is 9.81. The van der Waals surface area contributed by atoms with Gasteiger partial charge in [-0.15, -0.1) is 22.7 Å². The highest BCUT2D eigenvalue weighted by molar-refractivity contribution is 7.15. The van der Waals surface area contributed by atoms with E-state index in [-0.39, 0.29) is 63.6 Å². The van der Waals surface area contributed by atoms with Crippen LogP contribution in [0.1, 0.15) is 187 Å². The van der Waals surface area contributed by atoms with E-state index in [1.54, 1.807) is 11.0 Å². The normalized spacial score (nSPS) is 26.3. The SMILES string of the molecule is CC1CCC(C(=O)N(c2cc(C#CC(C)(C)C)sc2C(=O)O)C2CCC(O)CC2)CC1.COC(=O)c1sc(C#CC(C)(C)C)cc1N(C(=O)C1CCC(C)CC1)C1CCC(O)CC1. The predicted molar refractivity (Wildman–Crippen MR) is 253 cm³/mol. The summed E-state index contributed by atoms with van der Waals surface area (Å²) in [4.78, 5) is 58.1. The van der Waals surface area contributed by atoms with Crippen LogP contribution in [0.3, 0.4) is 0 Å². The molecule has 0 radical (unpaired) electrons. The number of carbonyl (C=O) groups excluding carboxylic acids is 3. The lowest BCUT2D eigenvalue weighted by Gasteiger charge is -2.38. The second-order valence-electron chi connectivity index (χ2n) is 20.7. The third-order valence-electron chi connectivity index (χ3n) is 12.9. The molecule has 2 amide bonds. The zero-order chi connectivity index (χ0) is 46.2. The van der Waals surface area contributed by atoms with E-state index in [0.717, 1.165) is 80.4 Å². The molecule has 0 atom stereocenters. The minimum Gasteiger partial charge on any atom is -0.477 e. The van der Waals surface area contributed by atoms with Crippen LogP contribution in [0, 0.1) is 58.2 Å². The molecule has 0 unspecified atom stereocenters. The van der Waals surface area contributed by atoms with Gasteiger partial charge in [0.05, 0.1) is 40.4 Å². The average molecular weight is 905 g/mol. The van der Waals surface area contributed by atoms with E-state index in [9.17, 15) is 34.5 Å². The predicted octanol–water partition coefficient (Wildman–Crippen LogP) is 10.7. The van der Waals surface area contributed by atoms with E-state index in [1.165, 1.54) is 18.4 Å². The number of carbonyl (C=O) groups is 4. The van der Waals surface area contributed by atoms with Gasteiger partial charge in [0.15, 0.2) is 0 Å². The van der Waals surface area contributed by atoms with Crippen molar-refractivity contribution in [1.82, 2.24) is 0 Å². The Morgan fingerprint density at radius 1 is 0.587 bits per heavy atom. The number of ether oxygens (including phenoxy) is 1. The molecule has 0 spiro atoms. The average Bonchev–Trinajstić information content (AvgIpc) is 3.86. The van der Waals surface area contributed by atoms with Gasteiger partial charge >= 0.3 is 11.9 Å². The number of amides is 2. The van der Waals surface area contributed by atoms with Crippen LogP contribution in [0.25, 0.3) is 0 Å². The molecule has 4 saturated carbocycles. The number of aromatic carboxylic acids is 1. The van der Waals surface area contributed by atoms with Crippen LogP contribution in [0.15, 0.2) is 12.1 Å². The number of nitrogens with zero attached hydrogens (tertiary/aromatic N) is 2. The van der Waals surface area contributed by atoms with Gasteiger partial charge in [0.25, 0.3) is 0 Å². The molecule has 2 heterocycles. The highest BCUT2D eigenvalue weighted by atomic mass is 32.1. The Kier molecular flexibility index (Phi) is 17.6. The summed E-state index contributed by atoms with van der Waals surface area (Å²) in [5, 5.41) is 29.9. The Morgan fingerprint density at radius 3 is 1.27 bits per heavy atom. The molecule has 63 heavy (non-hydrogen) atoms. The topological polar surface area (TPSA) is 145 Å². The minimum absolute atomic E-state index is 0.0208. The summed E-state index contributed by atoms with van der Waals surface area (Å²) >= 11 is 2.45. The Hall–Kier alpha value is -3.68. The van der Waals surface area contributed by atoms with Gasteiger partial charge in [-0.05, 0) is 168 Å². The Balaban J connectivity index is 0.000000238. The van der Waals surface area contributed by atoms with E-state index in [0.29, 0.717) is 71.5 Å². The Labute approximate surface area is 384 Å². The number of anilines is 2. The summed E-state index contributed by atoms with van der Waals surface area (Å²) in [6, 6.07) is 3.59. The van der Waals surface area contributed by atoms with E-state index < -0.39 is 11.9 Å². The van der Waals surface area contributed by atoms with Crippen molar-refractivity contribution in [3.8, 4) is 23.7 Å². The summed E-state index contributed by atoms with van der Waals surface area (Å²) in [5.41, 5.74) is 0.760. The van der Waals surface area contributed by atoms with Crippen LogP contribution >= 0.6 is 22.7 Å². The second-order valence-corrected chi connectivity index (χ2v) is 22.8. The van der Waals surface area contributed by atoms with Crippen molar-refractivity contribution in [3.63, 3.8) is 0 Å². The number of methoxy groups -OCH3 is 1. The number of hydrogen-bond acceptors (Lipinski definition) is 9. The van der Waals surface area contributed by atoms with Gasteiger partial charge in [0, 0.05) is 34.7 Å². The standard InChI is InChI=1S/C26H37NO4S.C25H35NO4S/c1-17-6-8-18(9-7-17)24(29)27(19-10-12-20(28)13-11-19)22-16-21(14-15-26(2,3)4)32-23(22)25(30)31-5;1-16-5-7-17(8-6-16)23(28)26(18-9-11-19(27)12-10-18)21-15-20(13-14-25(2,3)4)31-22(21)24(29)30/h16-20,28H,6-13H2,1-5H3;15-19,27H,5-12H2,1-4H3,(H,29,30). The molecule has 0 bridgehead atoms. The van der Waals surface area contributed by atoms with Gasteiger partial charge in [-0.3, -0.25) is 9.59 Å². The van der Waals surface area contributed by atoms with Crippen molar-refractivity contribution in [2.24, 2.45) is 34.5 Å². The van der Waals surface area contributed by atoms with Crippen molar-refractivity contribution in [1.29, 1.82) is 0 Å². The maximum Gasteiger partial charge on any atom is 0.350 e. The van der Waals surface area contributed by atoms with E-state index >= 15 is 0 Å². The summed E-state index contributed by atoms with van der Waals surface area (Å²) in [6.07, 6.45) is 12.5. The first-order chi connectivity index (χ1) is 29.6. The Bertz CT molecular complexity index is 2020. The molecule has 3 N–H and O–H groups in total. The van der Waals surface area contributed by atoms with Gasteiger partial charge in [-0.1, -0.05) is 37.5 Å². The van der Waals surface area contributed by atoms with Crippen LogP contribution in [-0.2, 0) is 14.3 Å². The van der Waals surface area contributed by atoms with Gasteiger partial charge < -0.3 is 29.9 Å². The smallest absolute Gasteiger partial charge is 0.350 e. The molecule has 4 aliphatic carbocycles. The van der Waals surface area contributed by atoms with Crippen molar-refractivity contribution < 1.29 is 39.2 Å². The molecular formula is C51H72N2O8S2. The molecule has 346 valence electrons. The molecular weight excluding hydrogens is 833 g/mol. The van der Waals surface area contributed by atoms with Crippen molar-refractivity contribution in [3.05, 3.63) is 31.6 Å². The fourth-order valence-electron chi connectivity index (χ4n) is 9.17. The van der Waals surface area contributed by atoms with E-state index in [4.69, 9.17) is 4.74 Å². The molecule has 4 fully saturated rings. The first-order valence-corrected chi connectivity index (χ1v) is 24.9. The van der Waals surface area contributed by atoms with Crippen LogP contribution in [-0.4, -0.2) is 70.5 Å². The molecule has 0 aromatic carbocycles. The number of hydrogen-bond donors (Lipinski definition) is 3. The monoisotopic (exact) mass is 904 g/mol. The maximum atomic E-state index is 13.9. The number of aliphatic hydroxyl groups excluding tert-OH is 2.